The van der Waals surface area contributed by atoms with Gasteiger partial charge in [-0.1, -0.05) is 0 Å². The molecule has 0 amide bonds. The zero-order chi connectivity index (χ0) is 12.7. The number of nitrogens with zero attached hydrogens (tertiary/aromatic N) is 4. The summed E-state index contributed by atoms with van der Waals surface area (Å²) in [6, 6.07) is 4.36. The van der Waals surface area contributed by atoms with Crippen LogP contribution in [0.3, 0.4) is 0 Å². The molecule has 2 atom stereocenters. The summed E-state index contributed by atoms with van der Waals surface area (Å²) in [5.74, 6) is 2.28. The van der Waals surface area contributed by atoms with Crippen molar-refractivity contribution >= 4 is 5.95 Å². The van der Waals surface area contributed by atoms with Gasteiger partial charge in [0.15, 0.2) is 5.82 Å². The minimum Gasteiger partial charge on any atom is -0.354 e. The SMILES string of the molecule is c1cc(-c2nc3n(n2)C2CCNCC2CN3)ccn1. The van der Waals surface area contributed by atoms with Crippen LogP contribution in [0.2, 0.25) is 0 Å². The molecule has 0 aliphatic carbocycles. The van der Waals surface area contributed by atoms with Crippen LogP contribution in [0.15, 0.2) is 24.5 Å². The van der Waals surface area contributed by atoms with Gasteiger partial charge in [-0.15, -0.1) is 5.10 Å². The lowest BCUT2D eigenvalue weighted by molar-refractivity contribution is 0.237. The number of pyridine rings is 1. The van der Waals surface area contributed by atoms with Gasteiger partial charge in [0.2, 0.25) is 5.95 Å². The summed E-state index contributed by atoms with van der Waals surface area (Å²) < 4.78 is 2.07. The number of rotatable bonds is 1. The van der Waals surface area contributed by atoms with Gasteiger partial charge in [-0.05, 0) is 25.1 Å². The standard InChI is InChI=1S/C13H16N6/c1-4-14-5-2-9(1)12-17-13-16-8-10-7-15-6-3-11(10)19(13)18-12/h1-2,4-5,10-11,15H,3,6-8H2,(H,16,17,18). The first-order valence-electron chi connectivity index (χ1n) is 6.73. The Morgan fingerprint density at radius 1 is 1.21 bits per heavy atom. The number of piperidine rings is 1. The van der Waals surface area contributed by atoms with Crippen molar-refractivity contribution in [2.45, 2.75) is 12.5 Å². The number of fused-ring (bicyclic) bond motifs is 3. The summed E-state index contributed by atoms with van der Waals surface area (Å²) in [4.78, 5) is 8.64. The van der Waals surface area contributed by atoms with Crippen LogP contribution in [-0.2, 0) is 0 Å². The molecule has 2 aliphatic rings. The van der Waals surface area contributed by atoms with Crippen LogP contribution in [0.5, 0.6) is 0 Å². The summed E-state index contributed by atoms with van der Waals surface area (Å²) in [6.07, 6.45) is 4.67. The zero-order valence-corrected chi connectivity index (χ0v) is 10.6. The van der Waals surface area contributed by atoms with E-state index in [1.807, 2.05) is 12.1 Å². The lowest BCUT2D eigenvalue weighted by Crippen LogP contribution is -2.44. The van der Waals surface area contributed by atoms with Crippen LogP contribution in [-0.4, -0.2) is 39.4 Å². The molecule has 1 saturated heterocycles. The van der Waals surface area contributed by atoms with Crippen LogP contribution in [0.4, 0.5) is 5.95 Å². The van der Waals surface area contributed by atoms with Crippen molar-refractivity contribution in [1.82, 2.24) is 25.1 Å². The highest BCUT2D eigenvalue weighted by molar-refractivity contribution is 5.55. The topological polar surface area (TPSA) is 67.7 Å². The summed E-state index contributed by atoms with van der Waals surface area (Å²) in [5, 5.41) is 11.5. The van der Waals surface area contributed by atoms with Crippen LogP contribution in [0.25, 0.3) is 11.4 Å². The summed E-state index contributed by atoms with van der Waals surface area (Å²) in [5.41, 5.74) is 1.02. The fourth-order valence-corrected chi connectivity index (χ4v) is 2.96. The summed E-state index contributed by atoms with van der Waals surface area (Å²) in [7, 11) is 0. The van der Waals surface area contributed by atoms with Crippen molar-refractivity contribution < 1.29 is 0 Å². The lowest BCUT2D eigenvalue weighted by Gasteiger charge is -2.36. The van der Waals surface area contributed by atoms with Crippen LogP contribution in [0.1, 0.15) is 12.5 Å². The highest BCUT2D eigenvalue weighted by Gasteiger charge is 2.33. The molecule has 2 aromatic rings. The van der Waals surface area contributed by atoms with Crippen molar-refractivity contribution in [2.75, 3.05) is 25.0 Å². The maximum atomic E-state index is 4.69. The van der Waals surface area contributed by atoms with Gasteiger partial charge in [-0.2, -0.15) is 4.98 Å². The van der Waals surface area contributed by atoms with Gasteiger partial charge in [0.1, 0.15) is 0 Å². The van der Waals surface area contributed by atoms with E-state index in [0.717, 1.165) is 43.4 Å². The molecule has 6 heteroatoms. The van der Waals surface area contributed by atoms with Gasteiger partial charge >= 0.3 is 0 Å². The Balaban J connectivity index is 1.73. The van der Waals surface area contributed by atoms with Crippen molar-refractivity contribution in [3.63, 3.8) is 0 Å². The zero-order valence-electron chi connectivity index (χ0n) is 10.6. The van der Waals surface area contributed by atoms with E-state index in [-0.39, 0.29) is 0 Å². The van der Waals surface area contributed by atoms with E-state index in [9.17, 15) is 0 Å². The number of hydrogen-bond donors (Lipinski definition) is 2. The predicted molar refractivity (Wildman–Crippen MR) is 71.8 cm³/mol. The van der Waals surface area contributed by atoms with E-state index >= 15 is 0 Å². The molecule has 0 aromatic carbocycles. The predicted octanol–water partition coefficient (Wildman–Crippen LogP) is 0.916. The molecule has 2 N–H and O–H groups in total. The van der Waals surface area contributed by atoms with Gasteiger partial charge in [0, 0.05) is 37.0 Å². The summed E-state index contributed by atoms with van der Waals surface area (Å²) >= 11 is 0. The molecule has 1 fully saturated rings. The molecule has 4 heterocycles. The van der Waals surface area contributed by atoms with Gasteiger partial charge < -0.3 is 10.6 Å². The first-order valence-corrected chi connectivity index (χ1v) is 6.73. The molecule has 2 aromatic heterocycles. The molecule has 0 radical (unpaired) electrons. The monoisotopic (exact) mass is 256 g/mol. The third-order valence-corrected chi connectivity index (χ3v) is 3.97. The molecular weight excluding hydrogens is 240 g/mol. The minimum atomic E-state index is 0.473. The van der Waals surface area contributed by atoms with E-state index in [2.05, 4.69) is 25.3 Å². The molecule has 2 unspecified atom stereocenters. The Morgan fingerprint density at radius 2 is 2.11 bits per heavy atom. The number of aromatic nitrogens is 4. The molecule has 0 bridgehead atoms. The molecule has 2 aliphatic heterocycles. The molecular formula is C13H16N6. The van der Waals surface area contributed by atoms with Gasteiger partial charge in [-0.25, -0.2) is 4.68 Å². The largest absolute Gasteiger partial charge is 0.354 e. The lowest BCUT2D eigenvalue weighted by atomic mass is 9.92. The second-order valence-electron chi connectivity index (χ2n) is 5.14. The fraction of sp³-hybridized carbons (Fsp3) is 0.462. The average Bonchev–Trinajstić information content (AvgIpc) is 2.93. The van der Waals surface area contributed by atoms with E-state index in [0.29, 0.717) is 12.0 Å². The van der Waals surface area contributed by atoms with E-state index < -0.39 is 0 Å². The van der Waals surface area contributed by atoms with Gasteiger partial charge in [0.05, 0.1) is 6.04 Å². The van der Waals surface area contributed by atoms with Crippen LogP contribution >= 0.6 is 0 Å². The highest BCUT2D eigenvalue weighted by atomic mass is 15.4. The smallest absolute Gasteiger partial charge is 0.221 e. The molecule has 0 saturated carbocycles. The molecule has 0 spiro atoms. The van der Waals surface area contributed by atoms with Crippen molar-refractivity contribution in [3.05, 3.63) is 24.5 Å². The first kappa shape index (κ1) is 10.9. The second-order valence-corrected chi connectivity index (χ2v) is 5.14. The number of hydrogen-bond acceptors (Lipinski definition) is 5. The Labute approximate surface area is 111 Å². The van der Waals surface area contributed by atoms with E-state index in [1.54, 1.807) is 12.4 Å². The highest BCUT2D eigenvalue weighted by Crippen LogP contribution is 2.32. The van der Waals surface area contributed by atoms with E-state index in [1.165, 1.54) is 0 Å². The Kier molecular flexibility index (Phi) is 2.48. The fourth-order valence-electron chi connectivity index (χ4n) is 2.96. The third kappa shape index (κ3) is 1.79. The maximum absolute atomic E-state index is 4.69. The van der Waals surface area contributed by atoms with Crippen LogP contribution in [0, 0.1) is 5.92 Å². The van der Waals surface area contributed by atoms with Gasteiger partial charge in [0.25, 0.3) is 0 Å². The Bertz CT molecular complexity index is 578. The van der Waals surface area contributed by atoms with Crippen molar-refractivity contribution in [1.29, 1.82) is 0 Å². The first-order chi connectivity index (χ1) is 9.42. The molecule has 4 rings (SSSR count). The maximum Gasteiger partial charge on any atom is 0.221 e. The number of nitrogens with one attached hydrogen (secondary N) is 2. The third-order valence-electron chi connectivity index (χ3n) is 3.97. The Morgan fingerprint density at radius 3 is 3.00 bits per heavy atom. The average molecular weight is 256 g/mol. The molecule has 98 valence electrons. The van der Waals surface area contributed by atoms with Crippen molar-refractivity contribution in [2.24, 2.45) is 5.92 Å². The van der Waals surface area contributed by atoms with Gasteiger partial charge in [-0.3, -0.25) is 4.98 Å². The number of anilines is 1. The molecule has 6 nitrogen and oxygen atoms in total. The van der Waals surface area contributed by atoms with Crippen molar-refractivity contribution in [3.8, 4) is 11.4 Å². The second kappa shape index (κ2) is 4.31. The van der Waals surface area contributed by atoms with E-state index in [4.69, 9.17) is 5.10 Å². The molecule has 19 heavy (non-hydrogen) atoms. The normalized spacial score (nSPS) is 25.3. The quantitative estimate of drug-likeness (QED) is 0.794. The van der Waals surface area contributed by atoms with Crippen LogP contribution < -0.4 is 10.6 Å². The summed E-state index contributed by atoms with van der Waals surface area (Å²) in [6.45, 7) is 3.10. The minimum absolute atomic E-state index is 0.473. The Hall–Kier alpha value is -1.95.